The van der Waals surface area contributed by atoms with Gasteiger partial charge < -0.3 is 5.32 Å². The number of carbonyl (C=O) groups is 1. The van der Waals surface area contributed by atoms with Gasteiger partial charge in [0.05, 0.1) is 6.54 Å². The van der Waals surface area contributed by atoms with E-state index >= 15 is 0 Å². The molecule has 1 radical (unpaired) electrons. The van der Waals surface area contributed by atoms with Gasteiger partial charge in [-0.3, -0.25) is 4.79 Å². The Morgan fingerprint density at radius 2 is 2.12 bits per heavy atom. The Balaban J connectivity index is 3.24. The minimum atomic E-state index is -0.218. The number of hydrogen-bond acceptors (Lipinski definition) is 1. The summed E-state index contributed by atoms with van der Waals surface area (Å²) in [7, 11) is 0. The minimum absolute atomic E-state index is 0.218. The molecule has 0 atom stereocenters. The summed E-state index contributed by atoms with van der Waals surface area (Å²) in [5.74, 6) is -0.218. The van der Waals surface area contributed by atoms with E-state index in [1.54, 1.807) is 0 Å². The van der Waals surface area contributed by atoms with Crippen LogP contribution in [0.15, 0.2) is 25.3 Å². The van der Waals surface area contributed by atoms with Gasteiger partial charge in [0.1, 0.15) is 0 Å². The molecule has 0 saturated heterocycles. The fraction of sp³-hybridized carbons (Fsp3) is 0. The van der Waals surface area contributed by atoms with Crippen molar-refractivity contribution in [3.63, 3.8) is 0 Å². The van der Waals surface area contributed by atoms with Crippen molar-refractivity contribution in [3.8, 4) is 0 Å². The average molecular weight is 110 g/mol. The molecule has 0 saturated carbocycles. The zero-order chi connectivity index (χ0) is 6.41. The van der Waals surface area contributed by atoms with E-state index in [0.29, 0.717) is 0 Å². The van der Waals surface area contributed by atoms with Gasteiger partial charge in [-0.25, -0.2) is 0 Å². The quantitative estimate of drug-likeness (QED) is 0.530. The molecule has 0 rings (SSSR count). The van der Waals surface area contributed by atoms with Crippen molar-refractivity contribution in [1.82, 2.24) is 5.32 Å². The standard InChI is InChI=1S/C6H8NO/c1-3-5-7-6(8)4-2/h3-5H,1-2H2,(H,7,8). The molecule has 0 heterocycles. The van der Waals surface area contributed by atoms with Crippen LogP contribution in [0.1, 0.15) is 0 Å². The van der Waals surface area contributed by atoms with Crippen LogP contribution >= 0.6 is 0 Å². The third-order valence-electron chi connectivity index (χ3n) is 0.529. The Labute approximate surface area is 48.9 Å². The summed E-state index contributed by atoms with van der Waals surface area (Å²) in [6, 6.07) is 0. The molecule has 0 spiro atoms. The van der Waals surface area contributed by atoms with Gasteiger partial charge in [0.2, 0.25) is 5.91 Å². The molecule has 0 bridgehead atoms. The molecule has 0 aliphatic rings. The maximum Gasteiger partial charge on any atom is 0.243 e. The maximum atomic E-state index is 10.3. The van der Waals surface area contributed by atoms with Crippen LogP contribution in [-0.2, 0) is 4.79 Å². The summed E-state index contributed by atoms with van der Waals surface area (Å²) < 4.78 is 0. The van der Waals surface area contributed by atoms with Crippen LogP contribution in [-0.4, -0.2) is 5.91 Å². The van der Waals surface area contributed by atoms with E-state index in [1.807, 2.05) is 0 Å². The maximum absolute atomic E-state index is 10.3. The molecule has 8 heavy (non-hydrogen) atoms. The molecular weight excluding hydrogens is 102 g/mol. The van der Waals surface area contributed by atoms with Crippen LogP contribution in [0.3, 0.4) is 0 Å². The third-order valence-corrected chi connectivity index (χ3v) is 0.529. The van der Waals surface area contributed by atoms with E-state index in [2.05, 4.69) is 18.5 Å². The molecular formula is C6H8NO. The predicted octanol–water partition coefficient (Wildman–Crippen LogP) is 0.636. The summed E-state index contributed by atoms with van der Waals surface area (Å²) >= 11 is 0. The van der Waals surface area contributed by atoms with Crippen molar-refractivity contribution in [2.75, 3.05) is 0 Å². The van der Waals surface area contributed by atoms with E-state index in [9.17, 15) is 4.79 Å². The number of hydrogen-bond donors (Lipinski definition) is 1. The second-order valence-electron chi connectivity index (χ2n) is 1.12. The zero-order valence-electron chi connectivity index (χ0n) is 4.55. The molecule has 0 aromatic heterocycles. The first kappa shape index (κ1) is 6.95. The second kappa shape index (κ2) is 4.12. The highest BCUT2D eigenvalue weighted by atomic mass is 16.1. The second-order valence-corrected chi connectivity index (χ2v) is 1.12. The van der Waals surface area contributed by atoms with E-state index in [1.165, 1.54) is 18.7 Å². The van der Waals surface area contributed by atoms with Gasteiger partial charge in [-0.2, -0.15) is 0 Å². The molecule has 2 nitrogen and oxygen atoms in total. The summed E-state index contributed by atoms with van der Waals surface area (Å²) in [5.41, 5.74) is 0. The first-order chi connectivity index (χ1) is 3.81. The summed E-state index contributed by atoms with van der Waals surface area (Å²) in [4.78, 5) is 10.3. The molecule has 0 unspecified atom stereocenters. The highest BCUT2D eigenvalue weighted by Crippen LogP contribution is 1.70. The lowest BCUT2D eigenvalue weighted by Gasteiger charge is -1.90. The lowest BCUT2D eigenvalue weighted by atomic mass is 10.5. The molecule has 0 aliphatic heterocycles. The monoisotopic (exact) mass is 110 g/mol. The van der Waals surface area contributed by atoms with Gasteiger partial charge in [0.15, 0.2) is 0 Å². The van der Waals surface area contributed by atoms with E-state index in [4.69, 9.17) is 0 Å². The van der Waals surface area contributed by atoms with E-state index in [-0.39, 0.29) is 5.91 Å². The number of rotatable bonds is 3. The normalized spacial score (nSPS) is 7.50. The van der Waals surface area contributed by atoms with Gasteiger partial charge in [-0.1, -0.05) is 12.7 Å². The van der Waals surface area contributed by atoms with Crippen LogP contribution in [0.5, 0.6) is 0 Å². The Bertz CT molecular complexity index is 107. The lowest BCUT2D eigenvalue weighted by molar-refractivity contribution is -0.115. The van der Waals surface area contributed by atoms with Crippen molar-refractivity contribution in [2.45, 2.75) is 0 Å². The van der Waals surface area contributed by atoms with E-state index < -0.39 is 0 Å². The van der Waals surface area contributed by atoms with Gasteiger partial charge in [0, 0.05) is 0 Å². The Morgan fingerprint density at radius 1 is 1.50 bits per heavy atom. The SMILES string of the molecule is C=C[CH]NC(=O)C=C. The van der Waals surface area contributed by atoms with Crippen molar-refractivity contribution < 1.29 is 4.79 Å². The third kappa shape index (κ3) is 3.15. The first-order valence-electron chi connectivity index (χ1n) is 2.18. The largest absolute Gasteiger partial charge is 0.344 e. The van der Waals surface area contributed by atoms with Crippen molar-refractivity contribution in [3.05, 3.63) is 31.9 Å². The minimum Gasteiger partial charge on any atom is -0.344 e. The number of amides is 1. The molecule has 1 N–H and O–H groups in total. The van der Waals surface area contributed by atoms with E-state index in [0.717, 1.165) is 0 Å². The Kier molecular flexibility index (Phi) is 3.58. The Hall–Kier alpha value is -1.05. The highest BCUT2D eigenvalue weighted by molar-refractivity contribution is 5.87. The van der Waals surface area contributed by atoms with Crippen LogP contribution in [0, 0.1) is 6.54 Å². The fourth-order valence-corrected chi connectivity index (χ4v) is 0.200. The number of nitrogens with one attached hydrogen (secondary N) is 1. The summed E-state index contributed by atoms with van der Waals surface area (Å²) in [6.45, 7) is 8.06. The van der Waals surface area contributed by atoms with Gasteiger partial charge in [0.25, 0.3) is 0 Å². The van der Waals surface area contributed by atoms with Gasteiger partial charge in [-0.05, 0) is 6.08 Å². The molecule has 0 aromatic rings. The topological polar surface area (TPSA) is 29.1 Å². The smallest absolute Gasteiger partial charge is 0.243 e. The van der Waals surface area contributed by atoms with Gasteiger partial charge in [-0.15, -0.1) is 6.58 Å². The molecule has 0 fully saturated rings. The van der Waals surface area contributed by atoms with Crippen LogP contribution in [0.25, 0.3) is 0 Å². The fourth-order valence-electron chi connectivity index (χ4n) is 0.200. The summed E-state index contributed by atoms with van der Waals surface area (Å²) in [5, 5.41) is 2.38. The zero-order valence-corrected chi connectivity index (χ0v) is 4.55. The lowest BCUT2D eigenvalue weighted by Crippen LogP contribution is -2.15. The Morgan fingerprint density at radius 3 is 2.50 bits per heavy atom. The van der Waals surface area contributed by atoms with Crippen molar-refractivity contribution in [2.24, 2.45) is 0 Å². The molecule has 0 aliphatic carbocycles. The first-order valence-corrected chi connectivity index (χ1v) is 2.18. The molecule has 2 heteroatoms. The molecule has 1 amide bonds. The number of carbonyl (C=O) groups excluding carboxylic acids is 1. The van der Waals surface area contributed by atoms with Crippen molar-refractivity contribution >= 4 is 5.91 Å². The summed E-state index contributed by atoms with van der Waals surface area (Å²) in [6.07, 6.45) is 2.68. The van der Waals surface area contributed by atoms with Crippen LogP contribution in [0.4, 0.5) is 0 Å². The highest BCUT2D eigenvalue weighted by Gasteiger charge is 1.85. The van der Waals surface area contributed by atoms with Crippen molar-refractivity contribution in [1.29, 1.82) is 0 Å². The van der Waals surface area contributed by atoms with Gasteiger partial charge >= 0.3 is 0 Å². The molecule has 0 aromatic carbocycles. The van der Waals surface area contributed by atoms with Crippen LogP contribution < -0.4 is 5.32 Å². The molecule has 43 valence electrons. The van der Waals surface area contributed by atoms with Crippen LogP contribution in [0.2, 0.25) is 0 Å². The predicted molar refractivity (Wildman–Crippen MR) is 32.8 cm³/mol. The average Bonchev–Trinajstić information content (AvgIpc) is 1.83.